The van der Waals surface area contributed by atoms with Crippen molar-refractivity contribution in [2.75, 3.05) is 5.73 Å². The van der Waals surface area contributed by atoms with E-state index in [2.05, 4.69) is 25.3 Å². The second-order valence-electron chi connectivity index (χ2n) is 6.88. The third kappa shape index (κ3) is 4.58. The fourth-order valence-electron chi connectivity index (χ4n) is 3.50. The molecule has 0 aliphatic carbocycles. The van der Waals surface area contributed by atoms with E-state index in [1.54, 1.807) is 17.4 Å². The topological polar surface area (TPSA) is 87.2 Å². The minimum atomic E-state index is -0.970. The molecule has 0 saturated heterocycles. The van der Waals surface area contributed by atoms with Crippen LogP contribution in [0.5, 0.6) is 0 Å². The van der Waals surface area contributed by atoms with Crippen LogP contribution in [-0.4, -0.2) is 17.3 Å². The number of rotatable bonds is 7. The van der Waals surface area contributed by atoms with Crippen LogP contribution in [0.15, 0.2) is 60.0 Å². The van der Waals surface area contributed by atoms with Crippen LogP contribution in [0.2, 0.25) is 0 Å². The standard InChI is InChI=1S/C25H24N2O2S/c1-3-21(22-12-13-30-16(22)2)25(19-9-10-23(27)20(14-19)15-26)18-7-4-17(5-8-18)6-11-24(28)29/h4-15,26H,3,27H2,1-2H3,(H,28,29)/b11-6+,25-21+,26-15?. The number of hydrogen-bond donors (Lipinski definition) is 3. The monoisotopic (exact) mass is 416 g/mol. The predicted octanol–water partition coefficient (Wildman–Crippen LogP) is 6.10. The fourth-order valence-corrected chi connectivity index (χ4v) is 4.23. The van der Waals surface area contributed by atoms with Crippen LogP contribution in [0.4, 0.5) is 5.69 Å². The summed E-state index contributed by atoms with van der Waals surface area (Å²) < 4.78 is 0. The van der Waals surface area contributed by atoms with Gasteiger partial charge in [-0.2, -0.15) is 0 Å². The summed E-state index contributed by atoms with van der Waals surface area (Å²) >= 11 is 1.72. The van der Waals surface area contributed by atoms with Crippen LogP contribution >= 0.6 is 11.3 Å². The van der Waals surface area contributed by atoms with Crippen molar-refractivity contribution in [2.24, 2.45) is 0 Å². The van der Waals surface area contributed by atoms with Crippen LogP contribution in [0.25, 0.3) is 17.2 Å². The second-order valence-corrected chi connectivity index (χ2v) is 8.00. The van der Waals surface area contributed by atoms with E-state index in [0.29, 0.717) is 11.3 Å². The molecule has 2 aromatic carbocycles. The van der Waals surface area contributed by atoms with Crippen molar-refractivity contribution in [1.82, 2.24) is 0 Å². The third-order valence-electron chi connectivity index (χ3n) is 4.99. The van der Waals surface area contributed by atoms with E-state index in [4.69, 9.17) is 16.2 Å². The summed E-state index contributed by atoms with van der Waals surface area (Å²) in [6.45, 7) is 4.27. The van der Waals surface area contributed by atoms with E-state index in [-0.39, 0.29) is 0 Å². The highest BCUT2D eigenvalue weighted by Crippen LogP contribution is 2.37. The van der Waals surface area contributed by atoms with Gasteiger partial charge in [-0.25, -0.2) is 4.79 Å². The highest BCUT2D eigenvalue weighted by molar-refractivity contribution is 7.10. The molecule has 5 heteroatoms. The van der Waals surface area contributed by atoms with Gasteiger partial charge in [-0.3, -0.25) is 0 Å². The number of allylic oxidation sites excluding steroid dienone is 1. The fraction of sp³-hybridized carbons (Fsp3) is 0.120. The molecule has 4 N–H and O–H groups in total. The van der Waals surface area contributed by atoms with Crippen LogP contribution in [-0.2, 0) is 4.79 Å². The Kier molecular flexibility index (Phi) is 6.65. The van der Waals surface area contributed by atoms with Crippen LogP contribution in [0.1, 0.15) is 46.0 Å². The Morgan fingerprint density at radius 1 is 1.13 bits per heavy atom. The number of anilines is 1. The average molecular weight is 417 g/mol. The molecular weight excluding hydrogens is 392 g/mol. The van der Waals surface area contributed by atoms with Crippen molar-refractivity contribution in [3.8, 4) is 0 Å². The highest BCUT2D eigenvalue weighted by Gasteiger charge is 2.16. The van der Waals surface area contributed by atoms with Gasteiger partial charge in [0.05, 0.1) is 0 Å². The predicted molar refractivity (Wildman–Crippen MR) is 127 cm³/mol. The lowest BCUT2D eigenvalue weighted by Crippen LogP contribution is -1.99. The number of carboxylic acids is 1. The highest BCUT2D eigenvalue weighted by atomic mass is 32.1. The lowest BCUT2D eigenvalue weighted by molar-refractivity contribution is -0.131. The van der Waals surface area contributed by atoms with Crippen LogP contribution < -0.4 is 5.73 Å². The Morgan fingerprint density at radius 2 is 1.83 bits per heavy atom. The molecule has 0 fully saturated rings. The molecule has 0 amide bonds. The number of benzene rings is 2. The molecule has 1 aromatic heterocycles. The molecule has 4 nitrogen and oxygen atoms in total. The second kappa shape index (κ2) is 9.37. The number of nitrogen functional groups attached to an aromatic ring is 1. The normalized spacial score (nSPS) is 12.1. The zero-order chi connectivity index (χ0) is 21.7. The SMILES string of the molecule is CC/C(=C(/c1ccc(/C=C/C(=O)O)cc1)c1ccc(N)c(C=N)c1)c1ccsc1C. The molecule has 0 radical (unpaired) electrons. The molecule has 0 aliphatic heterocycles. The summed E-state index contributed by atoms with van der Waals surface area (Å²) in [7, 11) is 0. The Labute approximate surface area is 180 Å². The van der Waals surface area contributed by atoms with Gasteiger partial charge in [0, 0.05) is 28.4 Å². The Hall–Kier alpha value is -3.44. The number of aliphatic carboxylic acids is 1. The molecule has 0 aliphatic rings. The van der Waals surface area contributed by atoms with Gasteiger partial charge in [-0.1, -0.05) is 37.3 Å². The van der Waals surface area contributed by atoms with Crippen LogP contribution in [0.3, 0.4) is 0 Å². The van der Waals surface area contributed by atoms with E-state index in [1.165, 1.54) is 22.2 Å². The smallest absolute Gasteiger partial charge is 0.328 e. The first-order valence-electron chi connectivity index (χ1n) is 9.64. The minimum Gasteiger partial charge on any atom is -0.478 e. The number of nitrogens with two attached hydrogens (primary N) is 1. The number of aryl methyl sites for hydroxylation is 1. The van der Waals surface area contributed by atoms with Crippen molar-refractivity contribution >= 4 is 46.4 Å². The van der Waals surface area contributed by atoms with E-state index >= 15 is 0 Å². The van der Waals surface area contributed by atoms with Crippen molar-refractivity contribution in [3.05, 3.63) is 92.7 Å². The summed E-state index contributed by atoms with van der Waals surface area (Å²) in [6, 6.07) is 15.8. The molecule has 152 valence electrons. The average Bonchev–Trinajstić information content (AvgIpc) is 3.17. The molecule has 0 bridgehead atoms. The summed E-state index contributed by atoms with van der Waals surface area (Å²) in [5, 5.41) is 18.6. The number of thiophene rings is 1. The zero-order valence-corrected chi connectivity index (χ0v) is 17.8. The number of carboxylic acid groups (broad SMARTS) is 1. The number of nitrogens with one attached hydrogen (secondary N) is 1. The maximum Gasteiger partial charge on any atom is 0.328 e. The van der Waals surface area contributed by atoms with Gasteiger partial charge >= 0.3 is 5.97 Å². The summed E-state index contributed by atoms with van der Waals surface area (Å²) in [5.74, 6) is -0.970. The quantitative estimate of drug-likeness (QED) is 0.247. The van der Waals surface area contributed by atoms with E-state index < -0.39 is 5.97 Å². The first-order valence-corrected chi connectivity index (χ1v) is 10.5. The van der Waals surface area contributed by atoms with E-state index in [1.807, 2.05) is 42.5 Å². The van der Waals surface area contributed by atoms with Gasteiger partial charge in [-0.15, -0.1) is 11.3 Å². The zero-order valence-electron chi connectivity index (χ0n) is 17.0. The Bertz CT molecular complexity index is 1140. The van der Waals surface area contributed by atoms with Crippen LogP contribution in [0, 0.1) is 12.3 Å². The molecule has 0 saturated carbocycles. The van der Waals surface area contributed by atoms with E-state index in [9.17, 15) is 4.79 Å². The molecule has 3 rings (SSSR count). The van der Waals surface area contributed by atoms with Gasteiger partial charge in [0.2, 0.25) is 0 Å². The molecule has 0 atom stereocenters. The lowest BCUT2D eigenvalue weighted by Gasteiger charge is -2.17. The van der Waals surface area contributed by atoms with E-state index in [0.717, 1.165) is 34.8 Å². The molecule has 0 unspecified atom stereocenters. The van der Waals surface area contributed by atoms with Crippen molar-refractivity contribution in [2.45, 2.75) is 20.3 Å². The maximum absolute atomic E-state index is 10.8. The Morgan fingerprint density at radius 3 is 2.40 bits per heavy atom. The summed E-state index contributed by atoms with van der Waals surface area (Å²) in [6.07, 6.45) is 4.83. The largest absolute Gasteiger partial charge is 0.478 e. The molecule has 0 spiro atoms. The number of hydrogen-bond acceptors (Lipinski definition) is 4. The maximum atomic E-state index is 10.8. The Balaban J connectivity index is 2.23. The minimum absolute atomic E-state index is 0.576. The third-order valence-corrected chi connectivity index (χ3v) is 5.83. The lowest BCUT2D eigenvalue weighted by atomic mass is 9.87. The van der Waals surface area contributed by atoms with Gasteiger partial charge in [0.15, 0.2) is 0 Å². The molecule has 1 heterocycles. The van der Waals surface area contributed by atoms with Crippen molar-refractivity contribution in [3.63, 3.8) is 0 Å². The first kappa shape index (κ1) is 21.3. The van der Waals surface area contributed by atoms with Gasteiger partial charge in [-0.05, 0) is 76.4 Å². The number of carbonyl (C=O) groups is 1. The first-order chi connectivity index (χ1) is 14.4. The van der Waals surface area contributed by atoms with Gasteiger partial charge in [0.25, 0.3) is 0 Å². The van der Waals surface area contributed by atoms with Gasteiger partial charge in [0.1, 0.15) is 0 Å². The summed E-state index contributed by atoms with van der Waals surface area (Å²) in [4.78, 5) is 12.0. The van der Waals surface area contributed by atoms with Gasteiger partial charge < -0.3 is 16.2 Å². The van der Waals surface area contributed by atoms with Crippen molar-refractivity contribution in [1.29, 1.82) is 5.41 Å². The molecular formula is C25H24N2O2S. The molecule has 3 aromatic rings. The molecule has 30 heavy (non-hydrogen) atoms. The van der Waals surface area contributed by atoms with Crippen molar-refractivity contribution < 1.29 is 9.90 Å². The summed E-state index contributed by atoms with van der Waals surface area (Å²) in [5.41, 5.74) is 13.7.